The first-order chi connectivity index (χ1) is 16.8. The largest absolute Gasteiger partial charge is 0.477 e. The first kappa shape index (κ1) is 23.7. The van der Waals surface area contributed by atoms with Gasteiger partial charge in [-0.05, 0) is 61.0 Å². The molecule has 35 heavy (non-hydrogen) atoms. The third-order valence-corrected chi connectivity index (χ3v) is 5.27. The van der Waals surface area contributed by atoms with E-state index in [1.807, 2.05) is 0 Å². The Morgan fingerprint density at radius 3 is 2.29 bits per heavy atom. The Labute approximate surface area is 204 Å². The van der Waals surface area contributed by atoms with Gasteiger partial charge in [0, 0.05) is 17.3 Å². The van der Waals surface area contributed by atoms with Gasteiger partial charge in [0.25, 0.3) is 0 Å². The van der Waals surface area contributed by atoms with E-state index < -0.39 is 17.3 Å². The summed E-state index contributed by atoms with van der Waals surface area (Å²) in [6.07, 6.45) is 1.32. The number of nitrogens with one attached hydrogen (secondary N) is 1. The summed E-state index contributed by atoms with van der Waals surface area (Å²) in [4.78, 5) is 44.2. The number of benzene rings is 2. The summed E-state index contributed by atoms with van der Waals surface area (Å²) in [5, 5.41) is 12.5. The number of halogens is 1. The second-order valence-electron chi connectivity index (χ2n) is 7.39. The van der Waals surface area contributed by atoms with Gasteiger partial charge >= 0.3 is 17.3 Å². The third kappa shape index (κ3) is 5.56. The third-order valence-electron chi connectivity index (χ3n) is 5.02. The van der Waals surface area contributed by atoms with Crippen LogP contribution in [0.1, 0.15) is 23.0 Å². The van der Waals surface area contributed by atoms with Crippen LogP contribution in [-0.2, 0) is 13.1 Å². The van der Waals surface area contributed by atoms with Gasteiger partial charge in [0.2, 0.25) is 5.95 Å². The maximum Gasteiger partial charge on any atom is 0.354 e. The van der Waals surface area contributed by atoms with Crippen LogP contribution in [0.3, 0.4) is 0 Å². The van der Waals surface area contributed by atoms with Crippen molar-refractivity contribution in [3.05, 3.63) is 104 Å². The number of carboxylic acids is 1. The van der Waals surface area contributed by atoms with Gasteiger partial charge in [-0.2, -0.15) is 4.98 Å². The first-order valence-electron chi connectivity index (χ1n) is 10.5. The van der Waals surface area contributed by atoms with E-state index in [1.165, 1.54) is 22.9 Å². The van der Waals surface area contributed by atoms with Crippen molar-refractivity contribution >= 4 is 29.2 Å². The van der Waals surface area contributed by atoms with E-state index in [0.717, 1.165) is 10.1 Å². The maximum absolute atomic E-state index is 13.0. The van der Waals surface area contributed by atoms with Crippen LogP contribution >= 0.6 is 11.6 Å². The van der Waals surface area contributed by atoms with Crippen LogP contribution in [0.2, 0.25) is 5.02 Å². The van der Waals surface area contributed by atoms with E-state index in [1.54, 1.807) is 55.5 Å². The van der Waals surface area contributed by atoms with Crippen LogP contribution in [0.5, 0.6) is 11.5 Å². The van der Waals surface area contributed by atoms with Crippen LogP contribution in [-0.4, -0.2) is 30.2 Å². The van der Waals surface area contributed by atoms with Gasteiger partial charge in [-0.1, -0.05) is 23.7 Å². The summed E-state index contributed by atoms with van der Waals surface area (Å²) in [6, 6.07) is 16.6. The Morgan fingerprint density at radius 1 is 1.00 bits per heavy atom. The van der Waals surface area contributed by atoms with E-state index in [9.17, 15) is 14.4 Å². The SMILES string of the molecule is CCn1c(=O)nc(Nc2ccc(Oc3ccc(C(=O)O)nc3)cc2)n(Cc2ccc(Cl)cc2)c1=O. The fraction of sp³-hybridized carbons (Fsp3) is 0.125. The summed E-state index contributed by atoms with van der Waals surface area (Å²) in [7, 11) is 0. The van der Waals surface area contributed by atoms with Crippen LogP contribution < -0.4 is 21.4 Å². The predicted molar refractivity (Wildman–Crippen MR) is 130 cm³/mol. The lowest BCUT2D eigenvalue weighted by Gasteiger charge is -2.15. The summed E-state index contributed by atoms with van der Waals surface area (Å²) >= 11 is 5.96. The molecule has 0 atom stereocenters. The number of aromatic carboxylic acids is 1. The highest BCUT2D eigenvalue weighted by Crippen LogP contribution is 2.24. The fourth-order valence-corrected chi connectivity index (χ4v) is 3.37. The zero-order valence-corrected chi connectivity index (χ0v) is 19.3. The molecule has 0 amide bonds. The summed E-state index contributed by atoms with van der Waals surface area (Å²) in [5.41, 5.74) is 0.168. The summed E-state index contributed by atoms with van der Waals surface area (Å²) in [6.45, 7) is 2.08. The Morgan fingerprint density at radius 2 is 1.69 bits per heavy atom. The monoisotopic (exact) mass is 493 g/mol. The normalized spacial score (nSPS) is 10.7. The van der Waals surface area contributed by atoms with Crippen molar-refractivity contribution < 1.29 is 14.6 Å². The molecule has 11 heteroatoms. The molecule has 10 nitrogen and oxygen atoms in total. The van der Waals surface area contributed by atoms with E-state index >= 15 is 0 Å². The van der Waals surface area contributed by atoms with Crippen molar-refractivity contribution in [1.29, 1.82) is 0 Å². The number of pyridine rings is 1. The molecule has 0 saturated carbocycles. The number of carboxylic acid groups (broad SMARTS) is 1. The van der Waals surface area contributed by atoms with E-state index in [2.05, 4.69) is 15.3 Å². The lowest BCUT2D eigenvalue weighted by atomic mass is 10.2. The molecule has 0 aliphatic carbocycles. The van der Waals surface area contributed by atoms with Crippen LogP contribution in [0.15, 0.2) is 76.4 Å². The Hall–Kier alpha value is -4.44. The quantitative estimate of drug-likeness (QED) is 0.379. The maximum atomic E-state index is 13.0. The van der Waals surface area contributed by atoms with Gasteiger partial charge in [0.15, 0.2) is 0 Å². The number of anilines is 2. The van der Waals surface area contributed by atoms with E-state index in [4.69, 9.17) is 21.4 Å². The smallest absolute Gasteiger partial charge is 0.354 e. The number of ether oxygens (including phenoxy) is 1. The highest BCUT2D eigenvalue weighted by Gasteiger charge is 2.13. The molecule has 4 rings (SSSR count). The highest BCUT2D eigenvalue weighted by atomic mass is 35.5. The van der Waals surface area contributed by atoms with E-state index in [0.29, 0.717) is 22.2 Å². The molecule has 0 aliphatic rings. The molecule has 2 aromatic heterocycles. The molecule has 178 valence electrons. The van der Waals surface area contributed by atoms with Gasteiger partial charge in [0.05, 0.1) is 12.7 Å². The number of nitrogens with zero attached hydrogens (tertiary/aromatic N) is 4. The summed E-state index contributed by atoms with van der Waals surface area (Å²) < 4.78 is 8.12. The zero-order valence-electron chi connectivity index (χ0n) is 18.5. The molecule has 0 unspecified atom stereocenters. The molecule has 0 saturated heterocycles. The molecular formula is C24H20ClN5O5. The average molecular weight is 494 g/mol. The second-order valence-corrected chi connectivity index (χ2v) is 7.83. The van der Waals surface area contributed by atoms with Gasteiger partial charge in [-0.15, -0.1) is 0 Å². The summed E-state index contributed by atoms with van der Waals surface area (Å²) in [5.74, 6) is -0.172. The predicted octanol–water partition coefficient (Wildman–Crippen LogP) is 3.76. The molecule has 0 bridgehead atoms. The number of hydrogen-bond acceptors (Lipinski definition) is 7. The van der Waals surface area contributed by atoms with Gasteiger partial charge in [-0.3, -0.25) is 4.57 Å². The highest BCUT2D eigenvalue weighted by molar-refractivity contribution is 6.30. The van der Waals surface area contributed by atoms with Gasteiger partial charge in [0.1, 0.15) is 17.2 Å². The topological polar surface area (TPSA) is 128 Å². The fourth-order valence-electron chi connectivity index (χ4n) is 3.25. The van der Waals surface area contributed by atoms with Crippen molar-refractivity contribution in [2.24, 2.45) is 0 Å². The molecule has 0 fully saturated rings. The van der Waals surface area contributed by atoms with Crippen molar-refractivity contribution in [2.75, 3.05) is 5.32 Å². The first-order valence-corrected chi connectivity index (χ1v) is 10.9. The van der Waals surface area contributed by atoms with Crippen LogP contribution in [0, 0.1) is 0 Å². The number of hydrogen-bond donors (Lipinski definition) is 2. The molecule has 2 heterocycles. The standard InChI is InChI=1S/C24H20ClN5O5/c1-2-29-23(33)28-22(30(24(29)34)14-15-3-5-16(25)6-4-15)27-17-7-9-18(10-8-17)35-19-11-12-20(21(31)32)26-13-19/h3-13H,2,14H2,1H3,(H,31,32)(H,27,28,33). The second kappa shape index (κ2) is 10.2. The van der Waals surface area contributed by atoms with Crippen molar-refractivity contribution in [3.8, 4) is 11.5 Å². The lowest BCUT2D eigenvalue weighted by molar-refractivity contribution is 0.0690. The van der Waals surface area contributed by atoms with Crippen LogP contribution in [0.25, 0.3) is 0 Å². The Bertz CT molecular complexity index is 1460. The minimum atomic E-state index is -1.12. The molecular weight excluding hydrogens is 474 g/mol. The van der Waals surface area contributed by atoms with Crippen molar-refractivity contribution in [2.45, 2.75) is 20.0 Å². The average Bonchev–Trinajstić information content (AvgIpc) is 2.84. The molecule has 0 spiro atoms. The molecule has 0 aliphatic heterocycles. The Balaban J connectivity index is 1.58. The van der Waals surface area contributed by atoms with Gasteiger partial charge < -0.3 is 15.2 Å². The van der Waals surface area contributed by atoms with E-state index in [-0.39, 0.29) is 24.7 Å². The molecule has 2 N–H and O–H groups in total. The van der Waals surface area contributed by atoms with Gasteiger partial charge in [-0.25, -0.2) is 23.9 Å². The zero-order chi connectivity index (χ0) is 24.9. The molecule has 0 radical (unpaired) electrons. The number of aromatic nitrogens is 4. The number of carbonyl (C=O) groups is 1. The molecule has 4 aromatic rings. The minimum Gasteiger partial charge on any atom is -0.477 e. The van der Waals surface area contributed by atoms with Crippen molar-refractivity contribution in [1.82, 2.24) is 19.1 Å². The lowest BCUT2D eigenvalue weighted by Crippen LogP contribution is -2.42. The molecule has 2 aromatic carbocycles. The van der Waals surface area contributed by atoms with Crippen molar-refractivity contribution in [3.63, 3.8) is 0 Å². The minimum absolute atomic E-state index is 0.0842. The number of rotatable bonds is 8. The van der Waals surface area contributed by atoms with Crippen LogP contribution in [0.4, 0.5) is 11.6 Å². The Kier molecular flexibility index (Phi) is 6.93.